The number of aryl methyl sites for hydroxylation is 1. The maximum absolute atomic E-state index is 12.5. The fourth-order valence-corrected chi connectivity index (χ4v) is 3.97. The Morgan fingerprint density at radius 3 is 2.72 bits per heavy atom. The van der Waals surface area contributed by atoms with Crippen molar-refractivity contribution in [1.82, 2.24) is 20.2 Å². The molecule has 4 rings (SSSR count). The minimum absolute atomic E-state index is 0.128. The van der Waals surface area contributed by atoms with E-state index in [2.05, 4.69) is 44.8 Å². The van der Waals surface area contributed by atoms with Crippen LogP contribution in [0.1, 0.15) is 22.8 Å². The summed E-state index contributed by atoms with van der Waals surface area (Å²) in [6.45, 7) is 7.54. The van der Waals surface area contributed by atoms with Crippen LogP contribution in [-0.4, -0.2) is 48.2 Å². The number of hydrogen-bond donors (Lipinski definition) is 2. The molecule has 0 unspecified atom stereocenters. The number of rotatable bonds is 6. The van der Waals surface area contributed by atoms with Crippen LogP contribution in [0.4, 0.5) is 5.69 Å². The smallest absolute Gasteiger partial charge is 0.252 e. The summed E-state index contributed by atoms with van der Waals surface area (Å²) in [6, 6.07) is 10.4. The van der Waals surface area contributed by atoms with Gasteiger partial charge in [0.05, 0.1) is 10.6 Å². The maximum atomic E-state index is 12.5. The van der Waals surface area contributed by atoms with Gasteiger partial charge in [-0.1, -0.05) is 23.7 Å². The first kappa shape index (κ1) is 19.7. The fourth-order valence-electron chi connectivity index (χ4n) is 3.71. The van der Waals surface area contributed by atoms with E-state index in [1.54, 1.807) is 6.20 Å². The quantitative estimate of drug-likeness (QED) is 0.654. The number of hydrogen-bond acceptors (Lipinski definition) is 4. The normalized spacial score (nSPS) is 14.3. The average Bonchev–Trinajstić information content (AvgIpc) is 3.10. The Balaban J connectivity index is 1.34. The summed E-state index contributed by atoms with van der Waals surface area (Å²) in [6.07, 6.45) is 4.25. The number of amides is 1. The van der Waals surface area contributed by atoms with Crippen molar-refractivity contribution in [2.45, 2.75) is 19.9 Å². The van der Waals surface area contributed by atoms with E-state index in [0.717, 1.165) is 50.2 Å². The van der Waals surface area contributed by atoms with Crippen LogP contribution in [0, 0.1) is 0 Å². The molecule has 0 saturated carbocycles. The molecule has 0 atom stereocenters. The first-order valence-corrected chi connectivity index (χ1v) is 10.5. The highest BCUT2D eigenvalue weighted by Crippen LogP contribution is 2.25. The lowest BCUT2D eigenvalue weighted by Gasteiger charge is -2.29. The van der Waals surface area contributed by atoms with Gasteiger partial charge < -0.3 is 20.1 Å². The van der Waals surface area contributed by atoms with Crippen LogP contribution >= 0.6 is 11.6 Å². The zero-order valence-electron chi connectivity index (χ0n) is 16.6. The van der Waals surface area contributed by atoms with Crippen molar-refractivity contribution >= 4 is 34.2 Å². The van der Waals surface area contributed by atoms with Crippen LogP contribution < -0.4 is 15.5 Å². The molecule has 1 fully saturated rings. The Bertz CT molecular complexity index is 992. The number of piperazine rings is 1. The molecular formula is C22H26ClN5O. The van der Waals surface area contributed by atoms with Gasteiger partial charge in [-0.15, -0.1) is 0 Å². The number of anilines is 1. The number of carbonyl (C=O) groups excluding carboxylic acids is 1. The van der Waals surface area contributed by atoms with E-state index >= 15 is 0 Å². The predicted molar refractivity (Wildman–Crippen MR) is 118 cm³/mol. The van der Waals surface area contributed by atoms with Crippen LogP contribution in [0.3, 0.4) is 0 Å². The maximum Gasteiger partial charge on any atom is 0.252 e. The Hall–Kier alpha value is -2.57. The lowest BCUT2D eigenvalue weighted by atomic mass is 10.1. The molecule has 1 aliphatic rings. The zero-order valence-corrected chi connectivity index (χ0v) is 17.4. The third kappa shape index (κ3) is 4.38. The van der Waals surface area contributed by atoms with Crippen molar-refractivity contribution in [3.05, 3.63) is 58.9 Å². The minimum Gasteiger partial charge on any atom is -0.369 e. The number of fused-ring (bicyclic) bond motifs is 1. The molecule has 29 heavy (non-hydrogen) atoms. The van der Waals surface area contributed by atoms with E-state index in [9.17, 15) is 4.79 Å². The van der Waals surface area contributed by atoms with Gasteiger partial charge in [-0.25, -0.2) is 4.98 Å². The van der Waals surface area contributed by atoms with Crippen LogP contribution in [0.2, 0.25) is 5.02 Å². The predicted octanol–water partition coefficient (Wildman–Crippen LogP) is 3.09. The molecule has 1 saturated heterocycles. The van der Waals surface area contributed by atoms with Crippen molar-refractivity contribution in [2.75, 3.05) is 37.6 Å². The monoisotopic (exact) mass is 411 g/mol. The molecule has 0 aliphatic carbocycles. The topological polar surface area (TPSA) is 62.2 Å². The first-order chi connectivity index (χ1) is 14.2. The van der Waals surface area contributed by atoms with E-state index in [-0.39, 0.29) is 5.91 Å². The summed E-state index contributed by atoms with van der Waals surface area (Å²) in [5.74, 6) is -0.128. The molecule has 152 valence electrons. The zero-order chi connectivity index (χ0) is 20.2. The van der Waals surface area contributed by atoms with E-state index in [4.69, 9.17) is 11.6 Å². The summed E-state index contributed by atoms with van der Waals surface area (Å²) >= 11 is 6.29. The molecule has 6 nitrogen and oxygen atoms in total. The largest absolute Gasteiger partial charge is 0.369 e. The second-order valence-electron chi connectivity index (χ2n) is 7.27. The Morgan fingerprint density at radius 2 is 2.00 bits per heavy atom. The van der Waals surface area contributed by atoms with Gasteiger partial charge >= 0.3 is 0 Å². The third-order valence-electron chi connectivity index (χ3n) is 5.39. The molecule has 0 spiro atoms. The number of pyridine rings is 1. The number of nitrogens with one attached hydrogen (secondary N) is 2. The van der Waals surface area contributed by atoms with Gasteiger partial charge in [0.1, 0.15) is 5.65 Å². The van der Waals surface area contributed by atoms with E-state index in [1.165, 1.54) is 11.3 Å². The summed E-state index contributed by atoms with van der Waals surface area (Å²) in [7, 11) is 0. The number of benzene rings is 1. The molecule has 0 radical (unpaired) electrons. The molecular weight excluding hydrogens is 386 g/mol. The minimum atomic E-state index is -0.128. The summed E-state index contributed by atoms with van der Waals surface area (Å²) < 4.78 is 1.98. The second kappa shape index (κ2) is 8.84. The van der Waals surface area contributed by atoms with Gasteiger partial charge in [-0.05, 0) is 37.1 Å². The second-order valence-corrected chi connectivity index (χ2v) is 7.67. The number of aromatic nitrogens is 2. The Labute approximate surface area is 175 Å². The highest BCUT2D eigenvalue weighted by molar-refractivity contribution is 6.35. The lowest BCUT2D eigenvalue weighted by Crippen LogP contribution is -2.43. The van der Waals surface area contributed by atoms with Gasteiger partial charge in [0.2, 0.25) is 0 Å². The van der Waals surface area contributed by atoms with Gasteiger partial charge in [0.15, 0.2) is 0 Å². The van der Waals surface area contributed by atoms with Crippen LogP contribution in [0.25, 0.3) is 11.0 Å². The van der Waals surface area contributed by atoms with Crippen LogP contribution in [0.5, 0.6) is 0 Å². The molecule has 2 aromatic heterocycles. The van der Waals surface area contributed by atoms with Gasteiger partial charge in [0, 0.05) is 62.7 Å². The highest BCUT2D eigenvalue weighted by Gasteiger charge is 2.13. The fraction of sp³-hybridized carbons (Fsp3) is 0.364. The SMILES string of the molecule is CCn1cc(Cl)c2cc(C(=O)NCCc3ccc(N4CCNCC4)cc3)cnc21. The molecule has 1 aromatic carbocycles. The third-order valence-corrected chi connectivity index (χ3v) is 5.69. The molecule has 3 heterocycles. The van der Waals surface area contributed by atoms with Gasteiger partial charge in [0.25, 0.3) is 5.91 Å². The van der Waals surface area contributed by atoms with Gasteiger partial charge in [-0.2, -0.15) is 0 Å². The summed E-state index contributed by atoms with van der Waals surface area (Å²) in [5, 5.41) is 7.78. The van der Waals surface area contributed by atoms with Crippen molar-refractivity contribution < 1.29 is 4.79 Å². The van der Waals surface area contributed by atoms with Crippen molar-refractivity contribution in [3.63, 3.8) is 0 Å². The number of carbonyl (C=O) groups is 1. The van der Waals surface area contributed by atoms with Crippen molar-refractivity contribution in [2.24, 2.45) is 0 Å². The van der Waals surface area contributed by atoms with Crippen molar-refractivity contribution in [3.8, 4) is 0 Å². The van der Waals surface area contributed by atoms with Crippen molar-refractivity contribution in [1.29, 1.82) is 0 Å². The molecule has 7 heteroatoms. The summed E-state index contributed by atoms with van der Waals surface area (Å²) in [5.41, 5.74) is 3.80. The Kier molecular flexibility index (Phi) is 6.02. The standard InChI is InChI=1S/C22H26ClN5O/c1-2-27-15-20(23)19-13-17(14-26-21(19)27)22(29)25-8-7-16-3-5-18(6-4-16)28-11-9-24-10-12-28/h3-6,13-15,24H,2,7-12H2,1H3,(H,25,29). The molecule has 3 aromatic rings. The van der Waals surface area contributed by atoms with Crippen LogP contribution in [-0.2, 0) is 13.0 Å². The summed E-state index contributed by atoms with van der Waals surface area (Å²) in [4.78, 5) is 19.3. The number of nitrogens with zero attached hydrogens (tertiary/aromatic N) is 3. The number of halogens is 1. The lowest BCUT2D eigenvalue weighted by molar-refractivity contribution is 0.0954. The Morgan fingerprint density at radius 1 is 1.24 bits per heavy atom. The van der Waals surface area contributed by atoms with Gasteiger partial charge in [-0.3, -0.25) is 4.79 Å². The van der Waals surface area contributed by atoms with Crippen LogP contribution in [0.15, 0.2) is 42.7 Å². The van der Waals surface area contributed by atoms with E-state index in [0.29, 0.717) is 17.1 Å². The molecule has 1 aliphatic heterocycles. The molecule has 2 N–H and O–H groups in total. The molecule has 0 bridgehead atoms. The van der Waals surface area contributed by atoms with E-state index < -0.39 is 0 Å². The molecule has 1 amide bonds. The van der Waals surface area contributed by atoms with E-state index in [1.807, 2.05) is 23.8 Å². The highest BCUT2D eigenvalue weighted by atomic mass is 35.5. The average molecular weight is 412 g/mol. The first-order valence-electron chi connectivity index (χ1n) is 10.1.